The number of halogens is 2. The van der Waals surface area contributed by atoms with E-state index in [1.54, 1.807) is 51.1 Å². The summed E-state index contributed by atoms with van der Waals surface area (Å²) >= 11 is 6.13. The molecular formula is C26H34ClFN2O4. The van der Waals surface area contributed by atoms with Gasteiger partial charge in [0.25, 0.3) is 5.91 Å². The number of carbonyl (C=O) groups excluding carboxylic acids is 2. The number of ether oxygens (including phenoxy) is 1. The smallest absolute Gasteiger partial charge is 0.407 e. The summed E-state index contributed by atoms with van der Waals surface area (Å²) in [4.78, 5) is 25.3. The van der Waals surface area contributed by atoms with E-state index in [0.717, 1.165) is 0 Å². The molecule has 0 unspecified atom stereocenters. The van der Waals surface area contributed by atoms with Crippen molar-refractivity contribution in [3.63, 3.8) is 0 Å². The van der Waals surface area contributed by atoms with Crippen LogP contribution in [0.5, 0.6) is 0 Å². The first-order valence-electron chi connectivity index (χ1n) is 11.2. The summed E-state index contributed by atoms with van der Waals surface area (Å²) in [6.45, 7) is 10.8. The first-order chi connectivity index (χ1) is 15.6. The Bertz CT molecular complexity index is 1010. The topological polar surface area (TPSA) is 87.7 Å². The number of nitrogens with one attached hydrogen (secondary N) is 2. The van der Waals surface area contributed by atoms with Crippen LogP contribution in [0.25, 0.3) is 0 Å². The van der Waals surface area contributed by atoms with Gasteiger partial charge >= 0.3 is 6.09 Å². The number of hydrogen-bond acceptors (Lipinski definition) is 4. The Labute approximate surface area is 205 Å². The van der Waals surface area contributed by atoms with E-state index in [2.05, 4.69) is 10.6 Å². The molecule has 34 heavy (non-hydrogen) atoms. The van der Waals surface area contributed by atoms with Gasteiger partial charge in [0.2, 0.25) is 0 Å². The Morgan fingerprint density at radius 3 is 2.26 bits per heavy atom. The zero-order valence-electron chi connectivity index (χ0n) is 20.5. The van der Waals surface area contributed by atoms with Gasteiger partial charge in [-0.25, -0.2) is 9.18 Å². The van der Waals surface area contributed by atoms with Crippen molar-refractivity contribution >= 4 is 23.6 Å². The number of aliphatic hydroxyl groups excluding tert-OH is 1. The summed E-state index contributed by atoms with van der Waals surface area (Å²) in [5.74, 6) is -0.773. The van der Waals surface area contributed by atoms with E-state index in [1.165, 1.54) is 12.1 Å². The molecule has 0 heterocycles. The normalized spacial score (nSPS) is 13.7. The molecule has 0 fully saturated rings. The zero-order valence-corrected chi connectivity index (χ0v) is 21.3. The fourth-order valence-electron chi connectivity index (χ4n) is 3.36. The minimum absolute atomic E-state index is 0.0268. The molecule has 0 bridgehead atoms. The highest BCUT2D eigenvalue weighted by atomic mass is 35.5. The number of aliphatic hydroxyl groups is 1. The van der Waals surface area contributed by atoms with Crippen molar-refractivity contribution in [2.24, 2.45) is 0 Å². The number of rotatable bonds is 7. The minimum Gasteiger partial charge on any atom is -0.444 e. The summed E-state index contributed by atoms with van der Waals surface area (Å²) in [6.07, 6.45) is -1.81. The lowest BCUT2D eigenvalue weighted by Gasteiger charge is -2.28. The van der Waals surface area contributed by atoms with Crippen molar-refractivity contribution in [1.29, 1.82) is 0 Å². The molecule has 186 valence electrons. The van der Waals surface area contributed by atoms with E-state index < -0.39 is 35.2 Å². The van der Waals surface area contributed by atoms with Crippen LogP contribution >= 0.6 is 11.6 Å². The molecule has 0 aliphatic carbocycles. The van der Waals surface area contributed by atoms with Crippen LogP contribution < -0.4 is 10.6 Å². The molecule has 2 rings (SSSR count). The predicted molar refractivity (Wildman–Crippen MR) is 132 cm³/mol. The lowest BCUT2D eigenvalue weighted by Crippen LogP contribution is -2.48. The molecule has 0 radical (unpaired) electrons. The first-order valence-corrected chi connectivity index (χ1v) is 11.5. The van der Waals surface area contributed by atoms with Gasteiger partial charge in [-0.2, -0.15) is 0 Å². The third kappa shape index (κ3) is 8.95. The lowest BCUT2D eigenvalue weighted by molar-refractivity contribution is 0.0421. The van der Waals surface area contributed by atoms with Gasteiger partial charge in [0.1, 0.15) is 11.4 Å². The van der Waals surface area contributed by atoms with Crippen LogP contribution in [0.3, 0.4) is 0 Å². The van der Waals surface area contributed by atoms with Crippen molar-refractivity contribution in [3.8, 4) is 0 Å². The van der Waals surface area contributed by atoms with Crippen LogP contribution in [0.2, 0.25) is 5.02 Å². The third-order valence-corrected chi connectivity index (χ3v) is 5.03. The first kappa shape index (κ1) is 27.6. The molecule has 2 aromatic rings. The molecule has 2 amide bonds. The van der Waals surface area contributed by atoms with Gasteiger partial charge in [0.05, 0.1) is 12.1 Å². The van der Waals surface area contributed by atoms with E-state index in [1.807, 2.05) is 20.8 Å². The Morgan fingerprint density at radius 2 is 1.68 bits per heavy atom. The van der Waals surface area contributed by atoms with Crippen molar-refractivity contribution in [1.82, 2.24) is 10.6 Å². The van der Waals surface area contributed by atoms with Gasteiger partial charge in [0.15, 0.2) is 0 Å². The zero-order chi connectivity index (χ0) is 25.7. The molecule has 2 atom stereocenters. The molecule has 0 aromatic heterocycles. The maximum absolute atomic E-state index is 14.3. The Morgan fingerprint density at radius 1 is 1.03 bits per heavy atom. The number of amides is 2. The average Bonchev–Trinajstić information content (AvgIpc) is 2.67. The minimum atomic E-state index is -1.14. The maximum atomic E-state index is 14.3. The van der Waals surface area contributed by atoms with Gasteiger partial charge in [-0.1, -0.05) is 35.9 Å². The number of alkyl carbamates (subject to hydrolysis) is 1. The van der Waals surface area contributed by atoms with Crippen LogP contribution in [0.1, 0.15) is 63.0 Å². The Kier molecular flexibility index (Phi) is 9.08. The van der Waals surface area contributed by atoms with Crippen molar-refractivity contribution in [3.05, 3.63) is 70.0 Å². The molecule has 0 saturated heterocycles. The van der Waals surface area contributed by atoms with Crippen LogP contribution in [-0.2, 0) is 17.6 Å². The molecule has 0 saturated carbocycles. The molecule has 3 N–H and O–H groups in total. The van der Waals surface area contributed by atoms with E-state index in [4.69, 9.17) is 16.3 Å². The van der Waals surface area contributed by atoms with Gasteiger partial charge in [0, 0.05) is 22.5 Å². The number of benzene rings is 2. The van der Waals surface area contributed by atoms with E-state index in [9.17, 15) is 19.1 Å². The summed E-state index contributed by atoms with van der Waals surface area (Å²) in [6, 6.07) is 10.1. The average molecular weight is 493 g/mol. The molecular weight excluding hydrogens is 459 g/mol. The Balaban J connectivity index is 2.32. The summed E-state index contributed by atoms with van der Waals surface area (Å²) in [5.41, 5.74) is -0.0108. The lowest BCUT2D eigenvalue weighted by atomic mass is 9.93. The molecule has 0 spiro atoms. The van der Waals surface area contributed by atoms with Crippen LogP contribution in [0.15, 0.2) is 42.5 Å². The maximum Gasteiger partial charge on any atom is 0.407 e. The van der Waals surface area contributed by atoms with Crippen molar-refractivity contribution in [2.75, 3.05) is 0 Å². The van der Waals surface area contributed by atoms with Crippen LogP contribution in [0, 0.1) is 5.82 Å². The number of carbonyl (C=O) groups is 2. The van der Waals surface area contributed by atoms with E-state index in [-0.39, 0.29) is 18.7 Å². The van der Waals surface area contributed by atoms with Gasteiger partial charge in [-0.15, -0.1) is 0 Å². The summed E-state index contributed by atoms with van der Waals surface area (Å²) in [7, 11) is 0. The monoisotopic (exact) mass is 492 g/mol. The van der Waals surface area contributed by atoms with Crippen molar-refractivity contribution in [2.45, 2.75) is 77.7 Å². The largest absolute Gasteiger partial charge is 0.444 e. The fourth-order valence-corrected chi connectivity index (χ4v) is 3.53. The Hall–Kier alpha value is -2.64. The third-order valence-electron chi connectivity index (χ3n) is 4.80. The molecule has 0 aliphatic rings. The number of hydrogen-bond donors (Lipinski definition) is 3. The highest BCUT2D eigenvalue weighted by Gasteiger charge is 2.28. The predicted octanol–water partition coefficient (Wildman–Crippen LogP) is 5.05. The quantitative estimate of drug-likeness (QED) is 0.505. The fraction of sp³-hybridized carbons (Fsp3) is 0.462. The van der Waals surface area contributed by atoms with Gasteiger partial charge in [-0.3, -0.25) is 4.79 Å². The highest BCUT2D eigenvalue weighted by Crippen LogP contribution is 2.21. The SMILES string of the molecule is CC(C)(C)NC(=O)c1cc(Cl)ccc1C[C@@H](O)[C@@H](Cc1ccccc1F)NC(=O)OC(C)(C)C. The second-order valence-corrected chi connectivity index (χ2v) is 10.8. The summed E-state index contributed by atoms with van der Waals surface area (Å²) in [5, 5.41) is 17.0. The van der Waals surface area contributed by atoms with Crippen LogP contribution in [-0.4, -0.2) is 40.4 Å². The molecule has 2 aromatic carbocycles. The molecule has 0 aliphatic heterocycles. The standard InChI is InChI=1S/C26H34ClFN2O4/c1-25(2,3)30-23(32)19-15-18(27)12-11-16(19)14-22(31)21(29-24(33)34-26(4,5)6)13-17-9-7-8-10-20(17)28/h7-12,15,21-22,31H,13-14H2,1-6H3,(H,29,33)(H,30,32)/t21-,22-/m1/s1. The highest BCUT2D eigenvalue weighted by molar-refractivity contribution is 6.31. The second-order valence-electron chi connectivity index (χ2n) is 10.3. The van der Waals surface area contributed by atoms with Gasteiger partial charge in [-0.05, 0) is 77.3 Å². The summed E-state index contributed by atoms with van der Waals surface area (Å²) < 4.78 is 19.7. The molecule has 8 heteroatoms. The van der Waals surface area contributed by atoms with Gasteiger partial charge < -0.3 is 20.5 Å². The second kappa shape index (κ2) is 11.2. The van der Waals surface area contributed by atoms with E-state index >= 15 is 0 Å². The van der Waals surface area contributed by atoms with Crippen LogP contribution in [0.4, 0.5) is 9.18 Å². The van der Waals surface area contributed by atoms with Crippen molar-refractivity contribution < 1.29 is 23.8 Å². The van der Waals surface area contributed by atoms with E-state index in [0.29, 0.717) is 21.7 Å². The molecule has 6 nitrogen and oxygen atoms in total.